The third-order valence-electron chi connectivity index (χ3n) is 3.92. The van der Waals surface area contributed by atoms with E-state index >= 15 is 0 Å². The lowest BCUT2D eigenvalue weighted by Gasteiger charge is -2.23. The van der Waals surface area contributed by atoms with E-state index < -0.39 is 11.4 Å². The highest BCUT2D eigenvalue weighted by Gasteiger charge is 2.46. The van der Waals surface area contributed by atoms with Crippen LogP contribution in [0.1, 0.15) is 12.0 Å². The van der Waals surface area contributed by atoms with Gasteiger partial charge in [0.1, 0.15) is 12.0 Å². The molecule has 1 unspecified atom stereocenters. The fourth-order valence-corrected chi connectivity index (χ4v) is 2.64. The fraction of sp³-hybridized carbons (Fsp3) is 0.500. The Morgan fingerprint density at radius 2 is 2.05 bits per heavy atom. The second kappa shape index (κ2) is 7.38. The molecule has 6 heteroatoms. The molecule has 0 aliphatic carbocycles. The van der Waals surface area contributed by atoms with Gasteiger partial charge in [-0.15, -0.1) is 0 Å². The number of ether oxygens (including phenoxy) is 2. The molecule has 0 radical (unpaired) electrons. The fourth-order valence-electron chi connectivity index (χ4n) is 2.64. The Morgan fingerprint density at radius 1 is 1.32 bits per heavy atom. The number of carbonyl (C=O) groups is 2. The second-order valence-corrected chi connectivity index (χ2v) is 5.56. The van der Waals surface area contributed by atoms with E-state index in [0.717, 1.165) is 5.56 Å². The molecular weight excluding hydrogens is 286 g/mol. The van der Waals surface area contributed by atoms with Crippen LogP contribution >= 0.6 is 0 Å². The zero-order valence-corrected chi connectivity index (χ0v) is 12.7. The van der Waals surface area contributed by atoms with E-state index in [1.807, 2.05) is 30.3 Å². The van der Waals surface area contributed by atoms with Crippen LogP contribution in [-0.2, 0) is 25.7 Å². The first-order valence-electron chi connectivity index (χ1n) is 7.19. The predicted octanol–water partition coefficient (Wildman–Crippen LogP) is 1.15. The van der Waals surface area contributed by atoms with E-state index in [4.69, 9.17) is 9.47 Å². The number of hydrogen-bond acceptors (Lipinski definition) is 4. The van der Waals surface area contributed by atoms with Crippen LogP contribution in [0.25, 0.3) is 0 Å². The van der Waals surface area contributed by atoms with E-state index in [1.165, 1.54) is 12.0 Å². The molecule has 1 aliphatic rings. The van der Waals surface area contributed by atoms with E-state index in [1.54, 1.807) is 0 Å². The minimum Gasteiger partial charge on any atom is -0.481 e. The Kier molecular flexibility index (Phi) is 5.51. The molecular formula is C16H21NO5. The van der Waals surface area contributed by atoms with Gasteiger partial charge in [0.05, 0.1) is 13.2 Å². The van der Waals surface area contributed by atoms with Gasteiger partial charge >= 0.3 is 5.97 Å². The number of amides is 1. The van der Waals surface area contributed by atoms with Gasteiger partial charge in [-0.2, -0.15) is 0 Å². The van der Waals surface area contributed by atoms with Crippen LogP contribution in [-0.4, -0.2) is 55.3 Å². The van der Waals surface area contributed by atoms with Crippen LogP contribution in [0.4, 0.5) is 0 Å². The highest BCUT2D eigenvalue weighted by molar-refractivity contribution is 5.81. The van der Waals surface area contributed by atoms with Crippen LogP contribution < -0.4 is 0 Å². The molecule has 0 aromatic heterocycles. The molecule has 1 saturated heterocycles. The average molecular weight is 307 g/mol. The number of likely N-dealkylation sites (tertiary alicyclic amines) is 1. The number of methoxy groups -OCH3 is 1. The number of benzene rings is 1. The summed E-state index contributed by atoms with van der Waals surface area (Å²) in [5, 5.41) is 9.37. The maximum absolute atomic E-state index is 12.1. The van der Waals surface area contributed by atoms with Gasteiger partial charge in [0, 0.05) is 20.2 Å². The standard InChI is InChI=1S/C16H21NO5/c1-21-12-16(15(19)20)7-8-17(11-16)14(18)10-22-9-13-5-3-2-4-6-13/h2-6H,7-12H2,1H3,(H,19,20). The number of hydrogen-bond donors (Lipinski definition) is 1. The van der Waals surface area contributed by atoms with Crippen LogP contribution in [0.5, 0.6) is 0 Å². The second-order valence-electron chi connectivity index (χ2n) is 5.56. The molecule has 1 aromatic rings. The van der Waals surface area contributed by atoms with Crippen molar-refractivity contribution in [1.82, 2.24) is 4.90 Å². The molecule has 1 aliphatic heterocycles. The van der Waals surface area contributed by atoms with E-state index in [9.17, 15) is 14.7 Å². The van der Waals surface area contributed by atoms with Gasteiger partial charge in [0.15, 0.2) is 0 Å². The van der Waals surface area contributed by atoms with Crippen molar-refractivity contribution in [3.63, 3.8) is 0 Å². The van der Waals surface area contributed by atoms with Crippen molar-refractivity contribution in [2.75, 3.05) is 33.4 Å². The Hall–Kier alpha value is -1.92. The Morgan fingerprint density at radius 3 is 2.68 bits per heavy atom. The molecule has 22 heavy (non-hydrogen) atoms. The topological polar surface area (TPSA) is 76.1 Å². The van der Waals surface area contributed by atoms with Gasteiger partial charge in [-0.05, 0) is 12.0 Å². The van der Waals surface area contributed by atoms with Gasteiger partial charge in [0.2, 0.25) is 5.91 Å². The smallest absolute Gasteiger partial charge is 0.313 e. The first-order chi connectivity index (χ1) is 10.6. The maximum atomic E-state index is 12.1. The molecule has 1 atom stereocenters. The van der Waals surface area contributed by atoms with E-state index in [2.05, 4.69) is 0 Å². The first kappa shape index (κ1) is 16.5. The van der Waals surface area contributed by atoms with Crippen molar-refractivity contribution in [1.29, 1.82) is 0 Å². The molecule has 0 saturated carbocycles. The normalized spacial score (nSPS) is 21.0. The third-order valence-corrected chi connectivity index (χ3v) is 3.92. The van der Waals surface area contributed by atoms with E-state index in [0.29, 0.717) is 19.6 Å². The summed E-state index contributed by atoms with van der Waals surface area (Å²) >= 11 is 0. The lowest BCUT2D eigenvalue weighted by atomic mass is 9.88. The lowest BCUT2D eigenvalue weighted by molar-refractivity contribution is -0.152. The molecule has 0 bridgehead atoms. The van der Waals surface area contributed by atoms with Crippen molar-refractivity contribution in [2.24, 2.45) is 5.41 Å². The summed E-state index contributed by atoms with van der Waals surface area (Å²) in [5.74, 6) is -1.11. The monoisotopic (exact) mass is 307 g/mol. The largest absolute Gasteiger partial charge is 0.481 e. The summed E-state index contributed by atoms with van der Waals surface area (Å²) in [5.41, 5.74) is 0.0000945. The number of carboxylic acids is 1. The zero-order valence-electron chi connectivity index (χ0n) is 12.7. The SMILES string of the molecule is COCC1(C(=O)O)CCN(C(=O)COCc2ccccc2)C1. The first-order valence-corrected chi connectivity index (χ1v) is 7.19. The minimum atomic E-state index is -0.996. The van der Waals surface area contributed by atoms with E-state index in [-0.39, 0.29) is 25.7 Å². The lowest BCUT2D eigenvalue weighted by Crippen LogP contribution is -2.41. The molecule has 1 fully saturated rings. The quantitative estimate of drug-likeness (QED) is 0.818. The molecule has 2 rings (SSSR count). The van der Waals surface area contributed by atoms with Gasteiger partial charge in [0.25, 0.3) is 0 Å². The highest BCUT2D eigenvalue weighted by atomic mass is 16.5. The van der Waals surface area contributed by atoms with Gasteiger partial charge in [-0.25, -0.2) is 0 Å². The Balaban J connectivity index is 1.82. The third kappa shape index (κ3) is 3.84. The number of nitrogens with zero attached hydrogens (tertiary/aromatic N) is 1. The average Bonchev–Trinajstić information content (AvgIpc) is 2.94. The summed E-state index contributed by atoms with van der Waals surface area (Å²) in [6, 6.07) is 9.59. The van der Waals surface area contributed by atoms with Gasteiger partial charge in [-0.1, -0.05) is 30.3 Å². The van der Waals surface area contributed by atoms with Gasteiger partial charge in [-0.3, -0.25) is 9.59 Å². The highest BCUT2D eigenvalue weighted by Crippen LogP contribution is 2.31. The molecule has 1 aromatic carbocycles. The maximum Gasteiger partial charge on any atom is 0.313 e. The van der Waals surface area contributed by atoms with Crippen molar-refractivity contribution >= 4 is 11.9 Å². The molecule has 1 amide bonds. The van der Waals surface area contributed by atoms with Crippen LogP contribution in [0.2, 0.25) is 0 Å². The van der Waals surface area contributed by atoms with Crippen LogP contribution in [0, 0.1) is 5.41 Å². The number of aliphatic carboxylic acids is 1. The van der Waals surface area contributed by atoms with Crippen LogP contribution in [0.15, 0.2) is 30.3 Å². The van der Waals surface area contributed by atoms with Crippen LogP contribution in [0.3, 0.4) is 0 Å². The summed E-state index contributed by atoms with van der Waals surface area (Å²) in [4.78, 5) is 25.1. The summed E-state index contributed by atoms with van der Waals surface area (Å²) in [7, 11) is 1.47. The molecule has 1 N–H and O–H groups in total. The zero-order chi connectivity index (χ0) is 16.0. The van der Waals surface area contributed by atoms with Crippen molar-refractivity contribution in [2.45, 2.75) is 13.0 Å². The molecule has 6 nitrogen and oxygen atoms in total. The Labute approximate surface area is 129 Å². The number of carboxylic acid groups (broad SMARTS) is 1. The summed E-state index contributed by atoms with van der Waals surface area (Å²) in [6.45, 7) is 1.02. The summed E-state index contributed by atoms with van der Waals surface area (Å²) in [6.07, 6.45) is 0.403. The molecule has 1 heterocycles. The molecule has 120 valence electrons. The van der Waals surface area contributed by atoms with Crippen molar-refractivity contribution in [3.8, 4) is 0 Å². The number of carbonyl (C=O) groups excluding carboxylic acids is 1. The van der Waals surface area contributed by atoms with Gasteiger partial charge < -0.3 is 19.5 Å². The summed E-state index contributed by atoms with van der Waals surface area (Å²) < 4.78 is 10.4. The predicted molar refractivity (Wildman–Crippen MR) is 79.2 cm³/mol. The number of rotatable bonds is 7. The minimum absolute atomic E-state index is 0.0441. The molecule has 0 spiro atoms. The Bertz CT molecular complexity index is 519. The van der Waals surface area contributed by atoms with Crippen molar-refractivity contribution < 1.29 is 24.2 Å². The van der Waals surface area contributed by atoms with Crippen molar-refractivity contribution in [3.05, 3.63) is 35.9 Å².